The lowest BCUT2D eigenvalue weighted by molar-refractivity contribution is -0.119. The van der Waals surface area contributed by atoms with Crippen molar-refractivity contribution in [2.24, 2.45) is 0 Å². The van der Waals surface area contributed by atoms with E-state index in [4.69, 9.17) is 4.74 Å². The standard InChI is InChI=1S/C19H20N2O5S/c1-13(22)20-11-17-12-21(19(23)26-17)16-7-3-14(4-8-16)15-5-9-18(10-6-15)27(2,24)25/h3-10,17H,11-12H2,1-2H3,(H,20,22)/t17-/m1/s1. The molecule has 0 radical (unpaired) electrons. The Bertz CT molecular complexity index is 953. The molecule has 1 aliphatic heterocycles. The van der Waals surface area contributed by atoms with E-state index >= 15 is 0 Å². The maximum atomic E-state index is 12.1. The number of cyclic esters (lactones) is 1. The van der Waals surface area contributed by atoms with Crippen molar-refractivity contribution in [3.8, 4) is 11.1 Å². The zero-order chi connectivity index (χ0) is 19.6. The Hall–Kier alpha value is -2.87. The first-order chi connectivity index (χ1) is 12.7. The minimum Gasteiger partial charge on any atom is -0.442 e. The molecule has 0 saturated carbocycles. The number of sulfone groups is 1. The number of rotatable bonds is 5. The molecule has 0 aliphatic carbocycles. The third-order valence-electron chi connectivity index (χ3n) is 4.25. The highest BCUT2D eigenvalue weighted by Crippen LogP contribution is 2.26. The van der Waals surface area contributed by atoms with Crippen molar-refractivity contribution in [3.05, 3.63) is 48.5 Å². The SMILES string of the molecule is CC(=O)NC[C@@H]1CN(c2ccc(-c3ccc(S(C)(=O)=O)cc3)cc2)C(=O)O1. The van der Waals surface area contributed by atoms with Crippen molar-refractivity contribution in [1.29, 1.82) is 0 Å². The molecule has 0 aromatic heterocycles. The predicted octanol–water partition coefficient (Wildman–Crippen LogP) is 2.22. The Morgan fingerprint density at radius 1 is 1.11 bits per heavy atom. The topological polar surface area (TPSA) is 92.8 Å². The molecule has 2 aromatic rings. The molecule has 27 heavy (non-hydrogen) atoms. The van der Waals surface area contributed by atoms with Crippen molar-refractivity contribution >= 4 is 27.5 Å². The fraction of sp³-hybridized carbons (Fsp3) is 0.263. The highest BCUT2D eigenvalue weighted by atomic mass is 32.2. The lowest BCUT2D eigenvalue weighted by Gasteiger charge is -2.14. The Labute approximate surface area is 157 Å². The monoisotopic (exact) mass is 388 g/mol. The smallest absolute Gasteiger partial charge is 0.414 e. The fourth-order valence-corrected chi connectivity index (χ4v) is 3.46. The number of carbonyl (C=O) groups is 2. The Morgan fingerprint density at radius 2 is 1.67 bits per heavy atom. The summed E-state index contributed by atoms with van der Waals surface area (Å²) in [6, 6.07) is 14.0. The van der Waals surface area contributed by atoms with Gasteiger partial charge in [-0.05, 0) is 35.4 Å². The second-order valence-electron chi connectivity index (χ2n) is 6.40. The van der Waals surface area contributed by atoms with Crippen LogP contribution in [0.1, 0.15) is 6.92 Å². The zero-order valence-electron chi connectivity index (χ0n) is 15.0. The van der Waals surface area contributed by atoms with Crippen LogP contribution in [0, 0.1) is 0 Å². The summed E-state index contributed by atoms with van der Waals surface area (Å²) in [5.41, 5.74) is 2.48. The highest BCUT2D eigenvalue weighted by Gasteiger charge is 2.32. The molecular formula is C19H20N2O5S. The van der Waals surface area contributed by atoms with Gasteiger partial charge in [0.1, 0.15) is 6.10 Å². The van der Waals surface area contributed by atoms with Gasteiger partial charge in [-0.1, -0.05) is 24.3 Å². The van der Waals surface area contributed by atoms with Crippen LogP contribution in [0.2, 0.25) is 0 Å². The van der Waals surface area contributed by atoms with Crippen molar-refractivity contribution in [1.82, 2.24) is 5.32 Å². The molecule has 1 fully saturated rings. The molecule has 2 aromatic carbocycles. The summed E-state index contributed by atoms with van der Waals surface area (Å²) < 4.78 is 28.3. The van der Waals surface area contributed by atoms with Gasteiger partial charge in [0, 0.05) is 18.9 Å². The van der Waals surface area contributed by atoms with E-state index in [1.165, 1.54) is 18.1 Å². The summed E-state index contributed by atoms with van der Waals surface area (Å²) in [5.74, 6) is -0.171. The van der Waals surface area contributed by atoms with Crippen LogP contribution >= 0.6 is 0 Å². The molecule has 0 unspecified atom stereocenters. The average molecular weight is 388 g/mol. The molecule has 2 amide bonds. The van der Waals surface area contributed by atoms with E-state index in [-0.39, 0.29) is 23.5 Å². The van der Waals surface area contributed by atoms with Crippen LogP contribution < -0.4 is 10.2 Å². The van der Waals surface area contributed by atoms with E-state index in [9.17, 15) is 18.0 Å². The van der Waals surface area contributed by atoms with Gasteiger partial charge < -0.3 is 10.1 Å². The molecule has 1 aliphatic rings. The second-order valence-corrected chi connectivity index (χ2v) is 8.41. The summed E-state index contributed by atoms with van der Waals surface area (Å²) in [5, 5.41) is 2.64. The summed E-state index contributed by atoms with van der Waals surface area (Å²) in [6.45, 7) is 2.06. The Morgan fingerprint density at radius 3 is 2.19 bits per heavy atom. The summed E-state index contributed by atoms with van der Waals surface area (Å²) >= 11 is 0. The maximum absolute atomic E-state index is 12.1. The van der Waals surface area contributed by atoms with Crippen LogP contribution in [0.5, 0.6) is 0 Å². The van der Waals surface area contributed by atoms with Gasteiger partial charge in [0.15, 0.2) is 9.84 Å². The number of nitrogens with zero attached hydrogens (tertiary/aromatic N) is 1. The van der Waals surface area contributed by atoms with Crippen LogP contribution in [-0.2, 0) is 19.4 Å². The minimum absolute atomic E-state index is 0.171. The van der Waals surface area contributed by atoms with Gasteiger partial charge in [0.2, 0.25) is 5.91 Å². The first-order valence-electron chi connectivity index (χ1n) is 8.37. The van der Waals surface area contributed by atoms with Crippen molar-refractivity contribution in [2.45, 2.75) is 17.9 Å². The number of carbonyl (C=O) groups excluding carboxylic acids is 2. The zero-order valence-corrected chi connectivity index (χ0v) is 15.8. The van der Waals surface area contributed by atoms with Gasteiger partial charge in [-0.3, -0.25) is 9.69 Å². The van der Waals surface area contributed by atoms with E-state index in [0.29, 0.717) is 12.2 Å². The molecule has 0 spiro atoms. The van der Waals surface area contributed by atoms with E-state index in [2.05, 4.69) is 5.32 Å². The normalized spacial score (nSPS) is 16.9. The second kappa shape index (κ2) is 7.40. The first-order valence-corrected chi connectivity index (χ1v) is 10.3. The molecular weight excluding hydrogens is 368 g/mol. The lowest BCUT2D eigenvalue weighted by Crippen LogP contribution is -2.33. The van der Waals surface area contributed by atoms with Crippen LogP contribution in [0.25, 0.3) is 11.1 Å². The molecule has 1 atom stereocenters. The molecule has 1 N–H and O–H groups in total. The summed E-state index contributed by atoms with van der Waals surface area (Å²) in [4.78, 5) is 24.8. The number of nitrogens with one attached hydrogen (secondary N) is 1. The minimum atomic E-state index is -3.23. The van der Waals surface area contributed by atoms with Crippen molar-refractivity contribution < 1.29 is 22.7 Å². The number of amides is 2. The number of anilines is 1. The van der Waals surface area contributed by atoms with Crippen LogP contribution in [0.4, 0.5) is 10.5 Å². The van der Waals surface area contributed by atoms with Gasteiger partial charge in [-0.25, -0.2) is 13.2 Å². The number of benzene rings is 2. The van der Waals surface area contributed by atoms with E-state index in [1.54, 1.807) is 24.3 Å². The van der Waals surface area contributed by atoms with Gasteiger partial charge in [0.05, 0.1) is 18.0 Å². The van der Waals surface area contributed by atoms with E-state index in [1.807, 2.05) is 24.3 Å². The summed E-state index contributed by atoms with van der Waals surface area (Å²) in [6.07, 6.45) is 0.339. The largest absolute Gasteiger partial charge is 0.442 e. The third-order valence-corrected chi connectivity index (χ3v) is 5.38. The van der Waals surface area contributed by atoms with E-state index in [0.717, 1.165) is 11.1 Å². The summed E-state index contributed by atoms with van der Waals surface area (Å²) in [7, 11) is -3.23. The number of hydrogen-bond donors (Lipinski definition) is 1. The Kier molecular flexibility index (Phi) is 5.18. The molecule has 1 saturated heterocycles. The average Bonchev–Trinajstić information content (AvgIpc) is 3.00. The van der Waals surface area contributed by atoms with Crippen LogP contribution in [-0.4, -0.2) is 45.9 Å². The van der Waals surface area contributed by atoms with Crippen molar-refractivity contribution in [2.75, 3.05) is 24.2 Å². The van der Waals surface area contributed by atoms with Gasteiger partial charge in [0.25, 0.3) is 0 Å². The predicted molar refractivity (Wildman–Crippen MR) is 101 cm³/mol. The van der Waals surface area contributed by atoms with Crippen LogP contribution in [0.3, 0.4) is 0 Å². The molecule has 8 heteroatoms. The molecule has 1 heterocycles. The van der Waals surface area contributed by atoms with Crippen molar-refractivity contribution in [3.63, 3.8) is 0 Å². The first kappa shape index (κ1) is 18.9. The van der Waals surface area contributed by atoms with Gasteiger partial charge in [-0.2, -0.15) is 0 Å². The lowest BCUT2D eigenvalue weighted by atomic mass is 10.1. The van der Waals surface area contributed by atoms with Gasteiger partial charge in [-0.15, -0.1) is 0 Å². The molecule has 7 nitrogen and oxygen atoms in total. The molecule has 0 bridgehead atoms. The third kappa shape index (κ3) is 4.46. The molecule has 142 valence electrons. The number of hydrogen-bond acceptors (Lipinski definition) is 5. The Balaban J connectivity index is 1.72. The van der Waals surface area contributed by atoms with Crippen LogP contribution in [0.15, 0.2) is 53.4 Å². The van der Waals surface area contributed by atoms with E-state index < -0.39 is 15.9 Å². The quantitative estimate of drug-likeness (QED) is 0.848. The molecule has 3 rings (SSSR count). The number of ether oxygens (including phenoxy) is 1. The van der Waals surface area contributed by atoms with Gasteiger partial charge >= 0.3 is 6.09 Å². The fourth-order valence-electron chi connectivity index (χ4n) is 2.82. The highest BCUT2D eigenvalue weighted by molar-refractivity contribution is 7.90. The maximum Gasteiger partial charge on any atom is 0.414 e.